The minimum atomic E-state index is -3.59. The highest BCUT2D eigenvalue weighted by Crippen LogP contribution is 2.25. The number of methoxy groups -OCH3 is 1. The maximum atomic E-state index is 12.8. The van der Waals surface area contributed by atoms with Crippen LogP contribution in [0.2, 0.25) is 0 Å². The molecule has 8 heteroatoms. The van der Waals surface area contributed by atoms with Crippen LogP contribution in [0.3, 0.4) is 0 Å². The molecule has 0 spiro atoms. The summed E-state index contributed by atoms with van der Waals surface area (Å²) in [5, 5.41) is 0. The lowest BCUT2D eigenvalue weighted by Crippen LogP contribution is -2.50. The van der Waals surface area contributed by atoms with Crippen molar-refractivity contribution in [3.8, 4) is 5.75 Å². The predicted octanol–water partition coefficient (Wildman–Crippen LogP) is 3.00. The zero-order valence-electron chi connectivity index (χ0n) is 15.4. The number of hydrogen-bond acceptors (Lipinski definition) is 4. The van der Waals surface area contributed by atoms with Gasteiger partial charge < -0.3 is 9.64 Å². The number of rotatable bonds is 5. The van der Waals surface area contributed by atoms with Crippen LogP contribution >= 0.6 is 15.9 Å². The molecule has 0 radical (unpaired) electrons. The van der Waals surface area contributed by atoms with Crippen LogP contribution in [0.15, 0.2) is 64.0 Å². The van der Waals surface area contributed by atoms with Crippen molar-refractivity contribution in [2.75, 3.05) is 33.3 Å². The largest absolute Gasteiger partial charge is 0.497 e. The molecule has 1 saturated heterocycles. The number of piperazine rings is 1. The van der Waals surface area contributed by atoms with E-state index in [9.17, 15) is 13.2 Å². The fourth-order valence-electron chi connectivity index (χ4n) is 2.96. The molecule has 28 heavy (non-hydrogen) atoms. The molecule has 2 aromatic rings. The molecule has 0 aromatic heterocycles. The monoisotopic (exact) mass is 464 g/mol. The minimum absolute atomic E-state index is 0.138. The van der Waals surface area contributed by atoms with Crippen molar-refractivity contribution in [3.05, 3.63) is 64.6 Å². The van der Waals surface area contributed by atoms with E-state index in [-0.39, 0.29) is 23.9 Å². The van der Waals surface area contributed by atoms with Crippen molar-refractivity contribution in [1.82, 2.24) is 9.21 Å². The third kappa shape index (κ3) is 4.63. The normalized spacial score (nSPS) is 15.7. The van der Waals surface area contributed by atoms with Gasteiger partial charge in [0, 0.05) is 36.7 Å². The second-order valence-corrected chi connectivity index (χ2v) is 9.03. The summed E-state index contributed by atoms with van der Waals surface area (Å²) in [5.41, 5.74) is 0.864. The van der Waals surface area contributed by atoms with Crippen molar-refractivity contribution in [3.63, 3.8) is 0 Å². The summed E-state index contributed by atoms with van der Waals surface area (Å²) >= 11 is 3.30. The van der Waals surface area contributed by atoms with Crippen LogP contribution in [-0.4, -0.2) is 56.8 Å². The Morgan fingerprint density at radius 2 is 1.79 bits per heavy atom. The molecular formula is C20H21BrN2O4S. The van der Waals surface area contributed by atoms with Gasteiger partial charge in [-0.15, -0.1) is 0 Å². The van der Waals surface area contributed by atoms with Gasteiger partial charge in [-0.2, -0.15) is 4.31 Å². The van der Waals surface area contributed by atoms with Gasteiger partial charge in [0.05, 0.1) is 12.0 Å². The van der Waals surface area contributed by atoms with E-state index in [4.69, 9.17) is 4.74 Å². The third-order valence-electron chi connectivity index (χ3n) is 4.52. The molecule has 0 bridgehead atoms. The van der Waals surface area contributed by atoms with Crippen LogP contribution in [0.1, 0.15) is 5.56 Å². The molecule has 148 valence electrons. The van der Waals surface area contributed by atoms with E-state index in [1.54, 1.807) is 42.4 Å². The summed E-state index contributed by atoms with van der Waals surface area (Å²) in [6.45, 7) is 1.24. The summed E-state index contributed by atoms with van der Waals surface area (Å²) in [4.78, 5) is 14.3. The molecule has 1 fully saturated rings. The Kier molecular flexibility index (Phi) is 6.53. The Balaban J connectivity index is 1.62. The van der Waals surface area contributed by atoms with E-state index in [1.165, 1.54) is 10.4 Å². The highest BCUT2D eigenvalue weighted by atomic mass is 79.9. The Labute approximate surface area is 173 Å². The smallest absolute Gasteiger partial charge is 0.246 e. The number of ether oxygens (including phenoxy) is 1. The Morgan fingerprint density at radius 3 is 2.46 bits per heavy atom. The zero-order chi connectivity index (χ0) is 20.1. The van der Waals surface area contributed by atoms with Crippen molar-refractivity contribution < 1.29 is 17.9 Å². The molecule has 0 unspecified atom stereocenters. The van der Waals surface area contributed by atoms with Gasteiger partial charge in [0.2, 0.25) is 15.9 Å². The van der Waals surface area contributed by atoms with E-state index < -0.39 is 10.0 Å². The number of carbonyl (C=O) groups is 1. The third-order valence-corrected chi connectivity index (χ3v) is 7.43. The van der Waals surface area contributed by atoms with Gasteiger partial charge in [-0.1, -0.05) is 24.3 Å². The van der Waals surface area contributed by atoms with Crippen LogP contribution < -0.4 is 4.74 Å². The van der Waals surface area contributed by atoms with Gasteiger partial charge in [0.25, 0.3) is 0 Å². The van der Waals surface area contributed by atoms with E-state index in [1.807, 2.05) is 24.3 Å². The number of sulfonamides is 1. The van der Waals surface area contributed by atoms with Gasteiger partial charge in [0.15, 0.2) is 0 Å². The quantitative estimate of drug-likeness (QED) is 0.637. The molecule has 0 saturated carbocycles. The fraction of sp³-hybridized carbons (Fsp3) is 0.250. The van der Waals surface area contributed by atoms with Crippen LogP contribution in [0.25, 0.3) is 6.08 Å². The zero-order valence-corrected chi connectivity index (χ0v) is 17.8. The summed E-state index contributed by atoms with van der Waals surface area (Å²) < 4.78 is 32.8. The van der Waals surface area contributed by atoms with Crippen LogP contribution in [0.5, 0.6) is 5.75 Å². The first kappa shape index (κ1) is 20.6. The number of carbonyl (C=O) groups excluding carboxylic acids is 1. The average Bonchev–Trinajstić information content (AvgIpc) is 2.72. The second-order valence-electron chi connectivity index (χ2n) is 6.27. The molecule has 2 aromatic carbocycles. The van der Waals surface area contributed by atoms with E-state index in [0.717, 1.165) is 11.3 Å². The highest BCUT2D eigenvalue weighted by Gasteiger charge is 2.30. The van der Waals surface area contributed by atoms with Gasteiger partial charge in [0.1, 0.15) is 5.75 Å². The molecule has 1 aliphatic rings. The molecule has 0 N–H and O–H groups in total. The topological polar surface area (TPSA) is 66.9 Å². The van der Waals surface area contributed by atoms with Crippen LogP contribution in [0, 0.1) is 0 Å². The van der Waals surface area contributed by atoms with Crippen LogP contribution in [-0.2, 0) is 14.8 Å². The Hall–Kier alpha value is -2.16. The molecule has 0 atom stereocenters. The number of hydrogen-bond donors (Lipinski definition) is 0. The van der Waals surface area contributed by atoms with Crippen LogP contribution in [0.4, 0.5) is 0 Å². The molecule has 1 aliphatic heterocycles. The number of nitrogens with zero attached hydrogens (tertiary/aromatic N) is 2. The van der Waals surface area contributed by atoms with Gasteiger partial charge >= 0.3 is 0 Å². The average molecular weight is 465 g/mol. The van der Waals surface area contributed by atoms with E-state index in [2.05, 4.69) is 15.9 Å². The number of halogens is 1. The van der Waals surface area contributed by atoms with Gasteiger partial charge in [-0.25, -0.2) is 8.42 Å². The SMILES string of the molecule is COc1cccc(C=CC(=O)N2CCN(S(=O)(=O)c3ccccc3Br)CC2)c1. The van der Waals surface area contributed by atoms with E-state index in [0.29, 0.717) is 17.6 Å². The van der Waals surface area contributed by atoms with Crippen molar-refractivity contribution >= 4 is 37.9 Å². The second kappa shape index (κ2) is 8.89. The first-order valence-corrected chi connectivity index (χ1v) is 11.0. The molecule has 0 aliphatic carbocycles. The lowest BCUT2D eigenvalue weighted by molar-refractivity contribution is -0.127. The maximum absolute atomic E-state index is 12.8. The first-order valence-electron chi connectivity index (χ1n) is 8.77. The Bertz CT molecular complexity index is 983. The summed E-state index contributed by atoms with van der Waals surface area (Å²) in [7, 11) is -2.00. The lowest BCUT2D eigenvalue weighted by atomic mass is 10.2. The number of amides is 1. The minimum Gasteiger partial charge on any atom is -0.497 e. The maximum Gasteiger partial charge on any atom is 0.246 e. The van der Waals surface area contributed by atoms with Gasteiger partial charge in [-0.05, 0) is 51.8 Å². The van der Waals surface area contributed by atoms with Crippen molar-refractivity contribution in [2.24, 2.45) is 0 Å². The van der Waals surface area contributed by atoms with Crippen molar-refractivity contribution in [1.29, 1.82) is 0 Å². The molecule has 1 heterocycles. The van der Waals surface area contributed by atoms with E-state index >= 15 is 0 Å². The summed E-state index contributed by atoms with van der Waals surface area (Å²) in [5.74, 6) is 0.584. The number of benzene rings is 2. The highest BCUT2D eigenvalue weighted by molar-refractivity contribution is 9.10. The molecular weight excluding hydrogens is 444 g/mol. The standard InChI is InChI=1S/C20H21BrN2O4S/c1-27-17-6-4-5-16(15-17)9-10-20(24)22-11-13-23(14-12-22)28(25,26)19-8-3-2-7-18(19)21/h2-10,15H,11-14H2,1H3. The predicted molar refractivity (Wildman–Crippen MR) is 112 cm³/mol. The summed E-state index contributed by atoms with van der Waals surface area (Å²) in [6.07, 6.45) is 3.24. The molecule has 1 amide bonds. The fourth-order valence-corrected chi connectivity index (χ4v) is 5.35. The summed E-state index contributed by atoms with van der Waals surface area (Å²) in [6, 6.07) is 14.2. The van der Waals surface area contributed by atoms with Gasteiger partial charge in [-0.3, -0.25) is 4.79 Å². The lowest BCUT2D eigenvalue weighted by Gasteiger charge is -2.33. The van der Waals surface area contributed by atoms with Crippen molar-refractivity contribution in [2.45, 2.75) is 4.90 Å². The molecule has 3 rings (SSSR count). The Morgan fingerprint density at radius 1 is 1.07 bits per heavy atom. The molecule has 6 nitrogen and oxygen atoms in total. The first-order chi connectivity index (χ1) is 13.4.